The lowest BCUT2D eigenvalue weighted by molar-refractivity contribution is 0.132. The van der Waals surface area contributed by atoms with Gasteiger partial charge in [0.05, 0.1) is 24.7 Å². The maximum absolute atomic E-state index is 13.5. The molecule has 0 amide bonds. The second-order valence-electron chi connectivity index (χ2n) is 7.70. The van der Waals surface area contributed by atoms with Gasteiger partial charge in [-0.3, -0.25) is 13.6 Å². The first-order chi connectivity index (χ1) is 15.1. The van der Waals surface area contributed by atoms with Crippen LogP contribution in [0.3, 0.4) is 0 Å². The van der Waals surface area contributed by atoms with Crippen molar-refractivity contribution in [1.29, 1.82) is 0 Å². The highest BCUT2D eigenvalue weighted by atomic mass is 32.2. The van der Waals surface area contributed by atoms with Crippen LogP contribution in [0.25, 0.3) is 0 Å². The Bertz CT molecular complexity index is 988. The molecule has 0 spiro atoms. The van der Waals surface area contributed by atoms with Crippen LogP contribution in [0.1, 0.15) is 43.4 Å². The van der Waals surface area contributed by atoms with Gasteiger partial charge in [-0.15, -0.1) is 0 Å². The SMILES string of the molecule is CCOP(=O)(OCC)OCC#CCN(C/C=C/C1CC1)S(=O)(=O)c1c(C)cc(C)cc1C. The molecular formula is C23H34NO6PS. The highest BCUT2D eigenvalue weighted by Gasteiger charge is 2.27. The summed E-state index contributed by atoms with van der Waals surface area (Å²) in [6, 6.07) is 3.74. The molecule has 0 radical (unpaired) electrons. The molecule has 0 heterocycles. The molecule has 0 unspecified atom stereocenters. The third kappa shape index (κ3) is 7.84. The Balaban J connectivity index is 2.18. The van der Waals surface area contributed by atoms with Gasteiger partial charge in [0, 0.05) is 6.54 Å². The number of hydrogen-bond acceptors (Lipinski definition) is 6. The number of aryl methyl sites for hydroxylation is 3. The maximum Gasteiger partial charge on any atom is 0.475 e. The molecule has 32 heavy (non-hydrogen) atoms. The summed E-state index contributed by atoms with van der Waals surface area (Å²) < 4.78 is 55.9. The lowest BCUT2D eigenvalue weighted by Crippen LogP contribution is -2.33. The third-order valence-electron chi connectivity index (χ3n) is 4.79. The van der Waals surface area contributed by atoms with Crippen molar-refractivity contribution in [1.82, 2.24) is 4.31 Å². The van der Waals surface area contributed by atoms with E-state index in [4.69, 9.17) is 13.6 Å². The Morgan fingerprint density at radius 1 is 1.06 bits per heavy atom. The fraction of sp³-hybridized carbons (Fsp3) is 0.565. The Morgan fingerprint density at radius 2 is 1.66 bits per heavy atom. The standard InChI is InChI=1S/C23H34NO6PS/c1-6-28-31(25,29-7-2)30-16-9-8-14-24(15-10-11-22-12-13-22)32(26,27)23-20(4)17-19(3)18-21(23)5/h10-11,17-18,22H,6-7,12-16H2,1-5H3/b11-10+. The van der Waals surface area contributed by atoms with Gasteiger partial charge in [0.25, 0.3) is 0 Å². The van der Waals surface area contributed by atoms with Gasteiger partial charge in [-0.1, -0.05) is 41.7 Å². The van der Waals surface area contributed by atoms with Gasteiger partial charge < -0.3 is 0 Å². The lowest BCUT2D eigenvalue weighted by atomic mass is 10.1. The van der Waals surface area contributed by atoms with Crippen LogP contribution < -0.4 is 0 Å². The van der Waals surface area contributed by atoms with E-state index in [1.807, 2.05) is 39.0 Å². The van der Waals surface area contributed by atoms with Crippen LogP contribution in [0.15, 0.2) is 29.2 Å². The molecule has 0 saturated heterocycles. The van der Waals surface area contributed by atoms with Gasteiger partial charge in [-0.05, 0) is 64.5 Å². The zero-order chi connectivity index (χ0) is 23.8. The van der Waals surface area contributed by atoms with Gasteiger partial charge in [-0.25, -0.2) is 13.0 Å². The second-order valence-corrected chi connectivity index (χ2v) is 11.2. The number of allylic oxidation sites excluding steroid dienone is 1. The number of sulfonamides is 1. The Kier molecular flexibility index (Phi) is 10.2. The normalized spacial score (nSPS) is 14.7. The van der Waals surface area contributed by atoms with E-state index in [2.05, 4.69) is 17.9 Å². The molecule has 1 aromatic rings. The van der Waals surface area contributed by atoms with E-state index in [-0.39, 0.29) is 32.9 Å². The molecule has 0 atom stereocenters. The molecule has 9 heteroatoms. The quantitative estimate of drug-likeness (QED) is 0.242. The van der Waals surface area contributed by atoms with Gasteiger partial charge in [0.2, 0.25) is 10.0 Å². The summed E-state index contributed by atoms with van der Waals surface area (Å²) in [6.45, 7) is 9.33. The van der Waals surface area contributed by atoms with Crippen molar-refractivity contribution in [2.24, 2.45) is 5.92 Å². The van der Waals surface area contributed by atoms with Gasteiger partial charge in [0.15, 0.2) is 0 Å². The zero-order valence-electron chi connectivity index (χ0n) is 19.6. The Hall–Kier alpha value is -1.46. The molecule has 0 aromatic heterocycles. The molecule has 178 valence electrons. The summed E-state index contributed by atoms with van der Waals surface area (Å²) in [4.78, 5) is 0.318. The maximum atomic E-state index is 13.5. The molecule has 0 aliphatic heterocycles. The van der Waals surface area contributed by atoms with Crippen molar-refractivity contribution in [3.63, 3.8) is 0 Å². The van der Waals surface area contributed by atoms with Crippen molar-refractivity contribution < 1.29 is 26.6 Å². The molecule has 1 aromatic carbocycles. The molecular weight excluding hydrogens is 449 g/mol. The second kappa shape index (κ2) is 12.1. The number of benzene rings is 1. The Morgan fingerprint density at radius 3 is 2.19 bits per heavy atom. The van der Waals surface area contributed by atoms with E-state index in [9.17, 15) is 13.0 Å². The molecule has 1 fully saturated rings. The summed E-state index contributed by atoms with van der Waals surface area (Å²) >= 11 is 0. The van der Waals surface area contributed by atoms with Crippen molar-refractivity contribution in [2.45, 2.75) is 52.4 Å². The van der Waals surface area contributed by atoms with Crippen LogP contribution in [-0.2, 0) is 28.2 Å². The van der Waals surface area contributed by atoms with Crippen LogP contribution in [0, 0.1) is 38.5 Å². The van der Waals surface area contributed by atoms with Crippen LogP contribution in [0.4, 0.5) is 0 Å². The van der Waals surface area contributed by atoms with Crippen molar-refractivity contribution >= 4 is 17.8 Å². The molecule has 0 N–H and O–H groups in total. The van der Waals surface area contributed by atoms with E-state index in [0.717, 1.165) is 18.4 Å². The molecule has 7 nitrogen and oxygen atoms in total. The lowest BCUT2D eigenvalue weighted by Gasteiger charge is -2.21. The summed E-state index contributed by atoms with van der Waals surface area (Å²) in [5.74, 6) is 6.10. The van der Waals surface area contributed by atoms with E-state index in [1.54, 1.807) is 13.8 Å². The minimum Gasteiger partial charge on any atom is -0.287 e. The predicted molar refractivity (Wildman–Crippen MR) is 126 cm³/mol. The average molecular weight is 484 g/mol. The Labute approximate surface area is 192 Å². The first-order valence-electron chi connectivity index (χ1n) is 10.9. The molecule has 1 aliphatic carbocycles. The van der Waals surface area contributed by atoms with Gasteiger partial charge in [0.1, 0.15) is 6.61 Å². The minimum atomic E-state index is -3.75. The monoisotopic (exact) mass is 483 g/mol. The van der Waals surface area contributed by atoms with Crippen LogP contribution >= 0.6 is 7.82 Å². The number of rotatable bonds is 12. The van der Waals surface area contributed by atoms with E-state index in [0.29, 0.717) is 21.9 Å². The van der Waals surface area contributed by atoms with Crippen LogP contribution in [-0.4, -0.2) is 45.6 Å². The molecule has 1 saturated carbocycles. The van der Waals surface area contributed by atoms with E-state index >= 15 is 0 Å². The number of phosphoric acid groups is 1. The zero-order valence-corrected chi connectivity index (χ0v) is 21.3. The molecule has 1 aliphatic rings. The van der Waals surface area contributed by atoms with Crippen molar-refractivity contribution in [2.75, 3.05) is 32.9 Å². The topological polar surface area (TPSA) is 82.1 Å². The van der Waals surface area contributed by atoms with Crippen LogP contribution in [0.5, 0.6) is 0 Å². The van der Waals surface area contributed by atoms with Crippen LogP contribution in [0.2, 0.25) is 0 Å². The van der Waals surface area contributed by atoms with Crippen molar-refractivity contribution in [3.8, 4) is 11.8 Å². The largest absolute Gasteiger partial charge is 0.475 e. The van der Waals surface area contributed by atoms with Gasteiger partial charge in [-0.2, -0.15) is 4.31 Å². The first-order valence-corrected chi connectivity index (χ1v) is 13.8. The highest BCUT2D eigenvalue weighted by molar-refractivity contribution is 7.89. The summed E-state index contributed by atoms with van der Waals surface area (Å²) in [6.07, 6.45) is 6.26. The fourth-order valence-electron chi connectivity index (χ4n) is 3.34. The average Bonchev–Trinajstić information content (AvgIpc) is 3.50. The summed E-state index contributed by atoms with van der Waals surface area (Å²) in [7, 11) is -7.40. The minimum absolute atomic E-state index is 0.0129. The number of hydrogen-bond donors (Lipinski definition) is 0. The van der Waals surface area contributed by atoms with Crippen molar-refractivity contribution in [3.05, 3.63) is 41.0 Å². The molecule has 2 rings (SSSR count). The van der Waals surface area contributed by atoms with E-state index in [1.165, 1.54) is 4.31 Å². The summed E-state index contributed by atoms with van der Waals surface area (Å²) in [5.41, 5.74) is 2.44. The fourth-order valence-corrected chi connectivity index (χ4v) is 6.13. The number of phosphoric ester groups is 1. The smallest absolute Gasteiger partial charge is 0.287 e. The number of nitrogens with zero attached hydrogens (tertiary/aromatic N) is 1. The van der Waals surface area contributed by atoms with E-state index < -0.39 is 17.8 Å². The third-order valence-corrected chi connectivity index (χ3v) is 8.50. The summed E-state index contributed by atoms with van der Waals surface area (Å²) in [5, 5.41) is 0. The highest BCUT2D eigenvalue weighted by Crippen LogP contribution is 2.48. The first kappa shape index (κ1) is 26.8. The van der Waals surface area contributed by atoms with Gasteiger partial charge >= 0.3 is 7.82 Å². The predicted octanol–water partition coefficient (Wildman–Crippen LogP) is 4.77. The molecule has 0 bridgehead atoms.